The zero-order chi connectivity index (χ0) is 17.5. The topological polar surface area (TPSA) is 83.7 Å². The second-order valence-corrected chi connectivity index (χ2v) is 5.22. The molecule has 2 rings (SSSR count). The van der Waals surface area contributed by atoms with Crippen LogP contribution in [0.1, 0.15) is 6.92 Å². The lowest BCUT2D eigenvalue weighted by Crippen LogP contribution is -2.45. The summed E-state index contributed by atoms with van der Waals surface area (Å²) in [5.41, 5.74) is 6.43. The van der Waals surface area contributed by atoms with E-state index in [1.165, 1.54) is 16.7 Å². The minimum Gasteiger partial charge on any atom is -0.368 e. The third-order valence-corrected chi connectivity index (χ3v) is 3.42. The molecule has 6 heteroatoms. The summed E-state index contributed by atoms with van der Waals surface area (Å²) in [6.07, 6.45) is 0. The maximum absolute atomic E-state index is 12.7. The number of rotatable bonds is 6. The van der Waals surface area contributed by atoms with Crippen LogP contribution in [0.25, 0.3) is 0 Å². The van der Waals surface area contributed by atoms with Gasteiger partial charge >= 0.3 is 0 Å². The van der Waals surface area contributed by atoms with Gasteiger partial charge in [-0.15, -0.1) is 0 Å². The number of carbonyl (C=O) groups excluding carboxylic acids is 3. The first-order valence-corrected chi connectivity index (χ1v) is 7.46. The first-order valence-electron chi connectivity index (χ1n) is 7.46. The molecular formula is C18H19N3O3. The fourth-order valence-corrected chi connectivity index (χ4v) is 2.30. The summed E-state index contributed by atoms with van der Waals surface area (Å²) in [6, 6.07) is 17.6. The van der Waals surface area contributed by atoms with E-state index in [9.17, 15) is 14.4 Å². The van der Waals surface area contributed by atoms with E-state index in [2.05, 4.69) is 0 Å². The SMILES string of the molecule is CC(=O)N(CC(=O)N(CC(N)=O)c1ccccc1)c1ccccc1. The summed E-state index contributed by atoms with van der Waals surface area (Å²) >= 11 is 0. The van der Waals surface area contributed by atoms with Crippen molar-refractivity contribution in [1.82, 2.24) is 0 Å². The molecule has 0 atom stereocenters. The molecule has 0 aromatic heterocycles. The van der Waals surface area contributed by atoms with Gasteiger partial charge in [0.2, 0.25) is 17.7 Å². The lowest BCUT2D eigenvalue weighted by Gasteiger charge is -2.26. The molecule has 0 heterocycles. The summed E-state index contributed by atoms with van der Waals surface area (Å²) in [5.74, 6) is -1.28. The van der Waals surface area contributed by atoms with Gasteiger partial charge in [0.15, 0.2) is 0 Å². The highest BCUT2D eigenvalue weighted by molar-refractivity contribution is 6.05. The Morgan fingerprint density at radius 1 is 0.792 bits per heavy atom. The number of amides is 3. The molecule has 0 aliphatic heterocycles. The fourth-order valence-electron chi connectivity index (χ4n) is 2.30. The summed E-state index contributed by atoms with van der Waals surface area (Å²) in [4.78, 5) is 38.6. The zero-order valence-corrected chi connectivity index (χ0v) is 13.4. The summed E-state index contributed by atoms with van der Waals surface area (Å²) < 4.78 is 0. The van der Waals surface area contributed by atoms with Gasteiger partial charge in [-0.25, -0.2) is 0 Å². The molecule has 3 amide bonds. The van der Waals surface area contributed by atoms with Crippen LogP contribution in [0.5, 0.6) is 0 Å². The van der Waals surface area contributed by atoms with Crippen molar-refractivity contribution < 1.29 is 14.4 Å². The lowest BCUT2D eigenvalue weighted by atomic mass is 10.2. The summed E-state index contributed by atoms with van der Waals surface area (Å²) in [7, 11) is 0. The van der Waals surface area contributed by atoms with Crippen molar-refractivity contribution in [1.29, 1.82) is 0 Å². The monoisotopic (exact) mass is 325 g/mol. The lowest BCUT2D eigenvalue weighted by molar-refractivity contribution is -0.123. The number of nitrogens with two attached hydrogens (primary N) is 1. The van der Waals surface area contributed by atoms with Crippen molar-refractivity contribution in [3.63, 3.8) is 0 Å². The van der Waals surface area contributed by atoms with E-state index in [-0.39, 0.29) is 24.9 Å². The molecule has 0 aliphatic carbocycles. The molecule has 0 spiro atoms. The molecule has 0 bridgehead atoms. The van der Waals surface area contributed by atoms with Crippen LogP contribution in [-0.4, -0.2) is 30.8 Å². The highest BCUT2D eigenvalue weighted by Gasteiger charge is 2.22. The van der Waals surface area contributed by atoms with Crippen molar-refractivity contribution in [2.45, 2.75) is 6.92 Å². The van der Waals surface area contributed by atoms with E-state index in [1.807, 2.05) is 12.1 Å². The van der Waals surface area contributed by atoms with Crippen LogP contribution in [0.2, 0.25) is 0 Å². The Bertz CT molecular complexity index is 717. The molecule has 0 saturated heterocycles. The van der Waals surface area contributed by atoms with E-state index in [0.29, 0.717) is 11.4 Å². The summed E-state index contributed by atoms with van der Waals surface area (Å²) in [6.45, 7) is 0.964. The van der Waals surface area contributed by atoms with Gasteiger partial charge < -0.3 is 15.5 Å². The minimum atomic E-state index is -0.624. The van der Waals surface area contributed by atoms with Crippen LogP contribution in [0.3, 0.4) is 0 Å². The van der Waals surface area contributed by atoms with E-state index < -0.39 is 5.91 Å². The Hall–Kier alpha value is -3.15. The Balaban J connectivity index is 2.25. The molecule has 0 unspecified atom stereocenters. The van der Waals surface area contributed by atoms with E-state index in [0.717, 1.165) is 0 Å². The maximum Gasteiger partial charge on any atom is 0.247 e. The van der Waals surface area contributed by atoms with Crippen molar-refractivity contribution >= 4 is 29.1 Å². The van der Waals surface area contributed by atoms with Gasteiger partial charge in [0.1, 0.15) is 13.1 Å². The van der Waals surface area contributed by atoms with Crippen molar-refractivity contribution in [3.8, 4) is 0 Å². The predicted octanol–water partition coefficient (Wildman–Crippen LogP) is 1.56. The maximum atomic E-state index is 12.7. The van der Waals surface area contributed by atoms with Crippen molar-refractivity contribution in [2.24, 2.45) is 5.73 Å². The molecule has 24 heavy (non-hydrogen) atoms. The smallest absolute Gasteiger partial charge is 0.247 e. The second kappa shape index (κ2) is 7.92. The molecule has 0 aliphatic rings. The Kier molecular flexibility index (Phi) is 5.68. The van der Waals surface area contributed by atoms with E-state index >= 15 is 0 Å². The van der Waals surface area contributed by atoms with Crippen LogP contribution < -0.4 is 15.5 Å². The average molecular weight is 325 g/mol. The minimum absolute atomic E-state index is 0.179. The van der Waals surface area contributed by atoms with Gasteiger partial charge in [0, 0.05) is 18.3 Å². The zero-order valence-electron chi connectivity index (χ0n) is 13.4. The predicted molar refractivity (Wildman–Crippen MR) is 92.5 cm³/mol. The number of hydrogen-bond donors (Lipinski definition) is 1. The molecule has 0 fully saturated rings. The highest BCUT2D eigenvalue weighted by Crippen LogP contribution is 2.17. The van der Waals surface area contributed by atoms with E-state index in [1.54, 1.807) is 48.5 Å². The molecule has 124 valence electrons. The number of hydrogen-bond acceptors (Lipinski definition) is 3. The third kappa shape index (κ3) is 4.42. The normalized spacial score (nSPS) is 10.0. The van der Waals surface area contributed by atoms with Crippen LogP contribution in [0, 0.1) is 0 Å². The first kappa shape index (κ1) is 17.2. The van der Waals surface area contributed by atoms with Crippen LogP contribution in [-0.2, 0) is 14.4 Å². The average Bonchev–Trinajstić information content (AvgIpc) is 2.58. The standard InChI is InChI=1S/C18H19N3O3/c1-14(22)20(15-8-4-2-5-9-15)13-18(24)21(12-17(19)23)16-10-6-3-7-11-16/h2-11H,12-13H2,1H3,(H2,19,23). The number of carbonyl (C=O) groups is 3. The number of benzene rings is 2. The molecule has 0 radical (unpaired) electrons. The van der Waals surface area contributed by atoms with Gasteiger partial charge in [0.05, 0.1) is 0 Å². The van der Waals surface area contributed by atoms with Gasteiger partial charge in [-0.05, 0) is 24.3 Å². The number of para-hydroxylation sites is 2. The number of anilines is 2. The largest absolute Gasteiger partial charge is 0.368 e. The molecule has 2 aromatic rings. The summed E-state index contributed by atoms with van der Waals surface area (Å²) in [5, 5.41) is 0. The Morgan fingerprint density at radius 2 is 1.25 bits per heavy atom. The molecule has 6 nitrogen and oxygen atoms in total. The highest BCUT2D eigenvalue weighted by atomic mass is 16.2. The van der Waals surface area contributed by atoms with Gasteiger partial charge in [-0.1, -0.05) is 36.4 Å². The molecule has 2 N–H and O–H groups in total. The fraction of sp³-hybridized carbons (Fsp3) is 0.167. The van der Waals surface area contributed by atoms with Crippen LogP contribution in [0.15, 0.2) is 60.7 Å². The van der Waals surface area contributed by atoms with Crippen LogP contribution in [0.4, 0.5) is 11.4 Å². The first-order chi connectivity index (χ1) is 11.5. The Morgan fingerprint density at radius 3 is 1.67 bits per heavy atom. The Labute approximate surface area is 140 Å². The molecule has 2 aromatic carbocycles. The second-order valence-electron chi connectivity index (χ2n) is 5.22. The van der Waals surface area contributed by atoms with Gasteiger partial charge in [-0.2, -0.15) is 0 Å². The molecule has 0 saturated carbocycles. The third-order valence-electron chi connectivity index (χ3n) is 3.42. The number of nitrogens with zero attached hydrogens (tertiary/aromatic N) is 2. The van der Waals surface area contributed by atoms with Gasteiger partial charge in [-0.3, -0.25) is 14.4 Å². The number of primary amides is 1. The van der Waals surface area contributed by atoms with Crippen LogP contribution >= 0.6 is 0 Å². The quantitative estimate of drug-likeness (QED) is 0.875. The van der Waals surface area contributed by atoms with Gasteiger partial charge in [0.25, 0.3) is 0 Å². The molecular weight excluding hydrogens is 306 g/mol. The van der Waals surface area contributed by atoms with Crippen molar-refractivity contribution in [2.75, 3.05) is 22.9 Å². The van der Waals surface area contributed by atoms with E-state index in [4.69, 9.17) is 5.73 Å². The van der Waals surface area contributed by atoms with Crippen molar-refractivity contribution in [3.05, 3.63) is 60.7 Å².